The molecule has 0 atom stereocenters. The van der Waals surface area contributed by atoms with E-state index in [1.165, 1.54) is 4.90 Å². The second-order valence-electron chi connectivity index (χ2n) is 8.88. The smallest absolute Gasteiger partial charge is 0.244 e. The van der Waals surface area contributed by atoms with Crippen LogP contribution in [0.25, 0.3) is 11.1 Å². The number of benzene rings is 3. The summed E-state index contributed by atoms with van der Waals surface area (Å²) in [6.45, 7) is 1.01. The molecule has 0 saturated heterocycles. The molecule has 0 spiro atoms. The third-order valence-corrected chi connectivity index (χ3v) is 6.30. The Morgan fingerprint density at radius 3 is 2.51 bits per heavy atom. The van der Waals surface area contributed by atoms with Gasteiger partial charge in [0, 0.05) is 31.8 Å². The van der Waals surface area contributed by atoms with Crippen LogP contribution in [0.1, 0.15) is 24.0 Å². The Morgan fingerprint density at radius 1 is 0.919 bits per heavy atom. The number of aromatic nitrogens is 2. The molecule has 5 rings (SSSR count). The van der Waals surface area contributed by atoms with Crippen LogP contribution in [0, 0.1) is 0 Å². The number of carbonyl (C=O) groups is 3. The van der Waals surface area contributed by atoms with Crippen molar-refractivity contribution in [2.45, 2.75) is 25.9 Å². The highest BCUT2D eigenvalue weighted by atomic mass is 16.2. The van der Waals surface area contributed by atoms with Crippen molar-refractivity contribution >= 4 is 29.1 Å². The Bertz CT molecular complexity index is 1410. The van der Waals surface area contributed by atoms with Crippen LogP contribution in [0.5, 0.6) is 0 Å². The molecule has 4 aromatic rings. The highest BCUT2D eigenvalue weighted by Gasteiger charge is 2.26. The highest BCUT2D eigenvalue weighted by Crippen LogP contribution is 2.29. The van der Waals surface area contributed by atoms with Crippen molar-refractivity contribution in [1.29, 1.82) is 0 Å². The van der Waals surface area contributed by atoms with Crippen LogP contribution in [0.3, 0.4) is 0 Å². The first-order valence-corrected chi connectivity index (χ1v) is 12.2. The van der Waals surface area contributed by atoms with E-state index in [0.717, 1.165) is 22.3 Å². The van der Waals surface area contributed by atoms with Crippen LogP contribution in [-0.4, -0.2) is 34.0 Å². The first-order valence-electron chi connectivity index (χ1n) is 12.2. The molecule has 3 amide bonds. The lowest BCUT2D eigenvalue weighted by Crippen LogP contribution is -2.42. The number of carbonyl (C=O) groups excluding carboxylic acids is 3. The van der Waals surface area contributed by atoms with Gasteiger partial charge in [-0.2, -0.15) is 5.10 Å². The quantitative estimate of drug-likeness (QED) is 0.388. The van der Waals surface area contributed by atoms with Crippen molar-refractivity contribution in [2.75, 3.05) is 16.8 Å². The molecule has 8 nitrogen and oxygen atoms in total. The summed E-state index contributed by atoms with van der Waals surface area (Å²) in [5, 5.41) is 9.95. The van der Waals surface area contributed by atoms with E-state index < -0.39 is 0 Å². The third-order valence-electron chi connectivity index (χ3n) is 6.30. The average Bonchev–Trinajstić information content (AvgIpc) is 3.44. The summed E-state index contributed by atoms with van der Waals surface area (Å²) in [5.74, 6) is -0.719. The summed E-state index contributed by atoms with van der Waals surface area (Å²) in [7, 11) is 0. The topological polar surface area (TPSA) is 96.3 Å². The van der Waals surface area contributed by atoms with Gasteiger partial charge in [0.25, 0.3) is 0 Å². The lowest BCUT2D eigenvalue weighted by Gasteiger charge is -2.29. The molecule has 8 heteroatoms. The molecule has 37 heavy (non-hydrogen) atoms. The van der Waals surface area contributed by atoms with Gasteiger partial charge in [0.05, 0.1) is 17.9 Å². The van der Waals surface area contributed by atoms with Gasteiger partial charge in [-0.3, -0.25) is 19.1 Å². The maximum Gasteiger partial charge on any atom is 0.244 e. The molecule has 3 aromatic carbocycles. The molecule has 186 valence electrons. The zero-order valence-corrected chi connectivity index (χ0v) is 20.3. The Morgan fingerprint density at radius 2 is 1.70 bits per heavy atom. The number of rotatable bonds is 8. The minimum atomic E-state index is -0.256. The molecule has 1 aliphatic rings. The standard InChI is InChI=1S/C29H27N5O3/c35-27(14-15-29(37)34-20-28(36)32-25-8-3-4-9-26(25)34)30-18-23-6-1-2-7-24(23)22-12-10-21(11-13-22)19-33-17-5-16-31-33/h1-13,16-17H,14-15,18-20H2,(H,30,35)(H,32,36). The van der Waals surface area contributed by atoms with Gasteiger partial charge in [-0.1, -0.05) is 60.7 Å². The molecule has 1 aliphatic heterocycles. The second kappa shape index (κ2) is 10.9. The molecular formula is C29H27N5O3. The zero-order chi connectivity index (χ0) is 25.6. The summed E-state index contributed by atoms with van der Waals surface area (Å²) in [6.07, 6.45) is 3.76. The van der Waals surface area contributed by atoms with Crippen molar-refractivity contribution in [1.82, 2.24) is 15.1 Å². The maximum absolute atomic E-state index is 12.8. The Kier molecular flexibility index (Phi) is 7.07. The van der Waals surface area contributed by atoms with E-state index in [2.05, 4.69) is 40.0 Å². The van der Waals surface area contributed by atoms with E-state index in [0.29, 0.717) is 24.5 Å². The van der Waals surface area contributed by atoms with Gasteiger partial charge >= 0.3 is 0 Å². The zero-order valence-electron chi connectivity index (χ0n) is 20.3. The summed E-state index contributed by atoms with van der Waals surface area (Å²) in [5.41, 5.74) is 5.49. The number of hydrogen-bond acceptors (Lipinski definition) is 4. The number of amides is 3. The largest absolute Gasteiger partial charge is 0.352 e. The van der Waals surface area contributed by atoms with E-state index in [-0.39, 0.29) is 37.1 Å². The van der Waals surface area contributed by atoms with Crippen molar-refractivity contribution in [2.24, 2.45) is 0 Å². The van der Waals surface area contributed by atoms with Crippen LogP contribution in [0.2, 0.25) is 0 Å². The van der Waals surface area contributed by atoms with Crippen molar-refractivity contribution in [3.05, 3.63) is 102 Å². The van der Waals surface area contributed by atoms with Crippen LogP contribution >= 0.6 is 0 Å². The van der Waals surface area contributed by atoms with Crippen LogP contribution < -0.4 is 15.5 Å². The summed E-state index contributed by atoms with van der Waals surface area (Å²) in [6, 6.07) is 25.3. The Labute approximate surface area is 214 Å². The fraction of sp³-hybridized carbons (Fsp3) is 0.172. The van der Waals surface area contributed by atoms with Gasteiger partial charge < -0.3 is 15.5 Å². The van der Waals surface area contributed by atoms with Gasteiger partial charge in [-0.15, -0.1) is 0 Å². The number of anilines is 2. The van der Waals surface area contributed by atoms with Crippen molar-refractivity contribution < 1.29 is 14.4 Å². The molecule has 2 heterocycles. The summed E-state index contributed by atoms with van der Waals surface area (Å²) < 4.78 is 1.88. The molecule has 0 radical (unpaired) electrons. The Hall–Kier alpha value is -4.72. The fourth-order valence-electron chi connectivity index (χ4n) is 4.42. The number of para-hydroxylation sites is 2. The average molecular weight is 494 g/mol. The number of nitrogens with one attached hydrogen (secondary N) is 2. The maximum atomic E-state index is 12.8. The van der Waals surface area contributed by atoms with E-state index in [9.17, 15) is 14.4 Å². The molecule has 0 unspecified atom stereocenters. The minimum Gasteiger partial charge on any atom is -0.352 e. The first-order chi connectivity index (χ1) is 18.1. The SMILES string of the molecule is O=C(CCC(=O)N1CC(=O)Nc2ccccc21)NCc1ccccc1-c1ccc(Cn2cccn2)cc1. The summed E-state index contributed by atoms with van der Waals surface area (Å²) >= 11 is 0. The van der Waals surface area contributed by atoms with Crippen LogP contribution in [0.4, 0.5) is 11.4 Å². The van der Waals surface area contributed by atoms with E-state index in [4.69, 9.17) is 0 Å². The molecule has 0 bridgehead atoms. The van der Waals surface area contributed by atoms with Gasteiger partial charge in [-0.05, 0) is 40.5 Å². The van der Waals surface area contributed by atoms with E-state index in [1.54, 1.807) is 24.4 Å². The fourth-order valence-corrected chi connectivity index (χ4v) is 4.42. The molecule has 0 saturated carbocycles. The molecule has 2 N–H and O–H groups in total. The first kappa shape index (κ1) is 24.0. The molecule has 1 aromatic heterocycles. The molecule has 0 aliphatic carbocycles. The molecular weight excluding hydrogens is 466 g/mol. The summed E-state index contributed by atoms with van der Waals surface area (Å²) in [4.78, 5) is 38.8. The predicted octanol–water partition coefficient (Wildman–Crippen LogP) is 3.98. The van der Waals surface area contributed by atoms with Crippen molar-refractivity contribution in [3.8, 4) is 11.1 Å². The minimum absolute atomic E-state index is 0.0206. The van der Waals surface area contributed by atoms with Crippen LogP contribution in [-0.2, 0) is 27.5 Å². The van der Waals surface area contributed by atoms with Gasteiger partial charge in [0.2, 0.25) is 17.7 Å². The predicted molar refractivity (Wildman–Crippen MR) is 142 cm³/mol. The number of fused-ring (bicyclic) bond motifs is 1. The highest BCUT2D eigenvalue weighted by molar-refractivity contribution is 6.10. The number of nitrogens with zero attached hydrogens (tertiary/aromatic N) is 3. The second-order valence-corrected chi connectivity index (χ2v) is 8.88. The third kappa shape index (κ3) is 5.75. The van der Waals surface area contributed by atoms with Gasteiger partial charge in [0.15, 0.2) is 0 Å². The lowest BCUT2D eigenvalue weighted by molar-refractivity contribution is -0.125. The number of hydrogen-bond donors (Lipinski definition) is 2. The normalized spacial score (nSPS) is 12.5. The van der Waals surface area contributed by atoms with Crippen LogP contribution in [0.15, 0.2) is 91.3 Å². The Balaban J connectivity index is 1.17. The van der Waals surface area contributed by atoms with E-state index in [1.807, 2.05) is 47.3 Å². The van der Waals surface area contributed by atoms with Gasteiger partial charge in [0.1, 0.15) is 6.54 Å². The van der Waals surface area contributed by atoms with E-state index >= 15 is 0 Å². The molecule has 0 fully saturated rings. The van der Waals surface area contributed by atoms with Gasteiger partial charge in [-0.25, -0.2) is 0 Å². The monoisotopic (exact) mass is 493 g/mol. The lowest BCUT2D eigenvalue weighted by atomic mass is 9.98. The van der Waals surface area contributed by atoms with Crippen molar-refractivity contribution in [3.63, 3.8) is 0 Å².